The first-order valence-corrected chi connectivity index (χ1v) is 4.50. The maximum atomic E-state index is 11.1. The molecule has 1 rings (SSSR count). The number of aromatic nitrogens is 2. The van der Waals surface area contributed by atoms with Crippen LogP contribution in [-0.4, -0.2) is 25.7 Å². The van der Waals surface area contributed by atoms with Crippen molar-refractivity contribution in [3.8, 4) is 0 Å². The minimum atomic E-state index is -3.35. The van der Waals surface area contributed by atoms with E-state index >= 15 is 0 Å². The van der Waals surface area contributed by atoms with Gasteiger partial charge < -0.3 is 0 Å². The van der Waals surface area contributed by atoms with Crippen molar-refractivity contribution in [3.63, 3.8) is 0 Å². The van der Waals surface area contributed by atoms with Crippen molar-refractivity contribution in [2.24, 2.45) is 0 Å². The minimum Gasteiger partial charge on any atom is -0.266 e. The molecule has 62 valence electrons. The molecule has 0 amide bonds. The Hall–Kier alpha value is -0.880. The molecule has 0 saturated carbocycles. The van der Waals surface area contributed by atoms with Gasteiger partial charge in [-0.05, 0) is 14.0 Å². The summed E-state index contributed by atoms with van der Waals surface area (Å²) in [5.41, 5.74) is 0.611. The molecule has 0 aliphatic carbocycles. The monoisotopic (exact) mass is 175 g/mol. The van der Waals surface area contributed by atoms with Crippen LogP contribution in [0.5, 0.6) is 0 Å². The van der Waals surface area contributed by atoms with E-state index in [1.165, 1.54) is 13.2 Å². The van der Waals surface area contributed by atoms with Crippen LogP contribution in [0.2, 0.25) is 0 Å². The number of nitrogens with one attached hydrogen (secondary N) is 2. The van der Waals surface area contributed by atoms with Crippen LogP contribution in [0.1, 0.15) is 5.56 Å². The van der Waals surface area contributed by atoms with Gasteiger partial charge in [0.25, 0.3) is 10.0 Å². The van der Waals surface area contributed by atoms with Gasteiger partial charge in [0, 0.05) is 5.56 Å². The first kappa shape index (κ1) is 8.22. The lowest BCUT2D eigenvalue weighted by Crippen LogP contribution is -2.19. The SMILES string of the molecule is CNS(=O)(=O)c1[nH]ncc1C. The molecule has 0 saturated heterocycles. The second kappa shape index (κ2) is 2.63. The van der Waals surface area contributed by atoms with Gasteiger partial charge in [0.2, 0.25) is 0 Å². The molecule has 0 aliphatic heterocycles. The van der Waals surface area contributed by atoms with Gasteiger partial charge in [0.15, 0.2) is 5.03 Å². The molecule has 1 heterocycles. The van der Waals surface area contributed by atoms with E-state index in [2.05, 4.69) is 14.9 Å². The fourth-order valence-electron chi connectivity index (χ4n) is 0.709. The fourth-order valence-corrected chi connectivity index (χ4v) is 1.56. The average Bonchev–Trinajstić information content (AvgIpc) is 2.36. The lowest BCUT2D eigenvalue weighted by molar-refractivity contribution is 0.583. The molecular weight excluding hydrogens is 166 g/mol. The second-order valence-corrected chi connectivity index (χ2v) is 3.91. The summed E-state index contributed by atoms with van der Waals surface area (Å²) in [6, 6.07) is 0. The Morgan fingerprint density at radius 1 is 1.64 bits per heavy atom. The van der Waals surface area contributed by atoms with E-state index in [1.807, 2.05) is 0 Å². The number of rotatable bonds is 2. The maximum Gasteiger partial charge on any atom is 0.257 e. The van der Waals surface area contributed by atoms with Gasteiger partial charge >= 0.3 is 0 Å². The van der Waals surface area contributed by atoms with E-state index in [9.17, 15) is 8.42 Å². The Balaban J connectivity index is 3.22. The summed E-state index contributed by atoms with van der Waals surface area (Å²) in [6.07, 6.45) is 1.46. The van der Waals surface area contributed by atoms with Gasteiger partial charge in [-0.1, -0.05) is 0 Å². The summed E-state index contributed by atoms with van der Waals surface area (Å²) in [6.45, 7) is 1.67. The predicted octanol–water partition coefficient (Wildman–Crippen LogP) is -0.374. The number of aryl methyl sites for hydroxylation is 1. The third kappa shape index (κ3) is 1.41. The molecule has 0 aromatic carbocycles. The summed E-state index contributed by atoms with van der Waals surface area (Å²) in [7, 11) is -2.00. The van der Waals surface area contributed by atoms with Gasteiger partial charge in [0.05, 0.1) is 6.20 Å². The van der Waals surface area contributed by atoms with E-state index in [4.69, 9.17) is 0 Å². The van der Waals surface area contributed by atoms with E-state index in [-0.39, 0.29) is 5.03 Å². The van der Waals surface area contributed by atoms with Crippen LogP contribution in [0.15, 0.2) is 11.2 Å². The van der Waals surface area contributed by atoms with Crippen molar-refractivity contribution < 1.29 is 8.42 Å². The van der Waals surface area contributed by atoms with Crippen molar-refractivity contribution in [1.29, 1.82) is 0 Å². The van der Waals surface area contributed by atoms with Gasteiger partial charge in [-0.25, -0.2) is 13.1 Å². The van der Waals surface area contributed by atoms with Crippen LogP contribution < -0.4 is 4.72 Å². The number of hydrogen-bond donors (Lipinski definition) is 2. The van der Waals surface area contributed by atoms with Crippen LogP contribution in [0.4, 0.5) is 0 Å². The van der Waals surface area contributed by atoms with E-state index in [0.717, 1.165) is 0 Å². The smallest absolute Gasteiger partial charge is 0.257 e. The zero-order valence-electron chi connectivity index (χ0n) is 6.25. The Bertz CT molecular complexity index is 340. The van der Waals surface area contributed by atoms with E-state index < -0.39 is 10.0 Å². The molecule has 0 aliphatic rings. The zero-order chi connectivity index (χ0) is 8.48. The number of aromatic amines is 1. The van der Waals surface area contributed by atoms with Crippen molar-refractivity contribution in [2.45, 2.75) is 11.9 Å². The van der Waals surface area contributed by atoms with E-state index in [1.54, 1.807) is 6.92 Å². The van der Waals surface area contributed by atoms with Gasteiger partial charge in [-0.2, -0.15) is 5.10 Å². The van der Waals surface area contributed by atoms with Gasteiger partial charge in [-0.15, -0.1) is 0 Å². The van der Waals surface area contributed by atoms with Crippen molar-refractivity contribution in [2.75, 3.05) is 7.05 Å². The molecule has 6 heteroatoms. The van der Waals surface area contributed by atoms with Gasteiger partial charge in [-0.3, -0.25) is 5.10 Å². The van der Waals surface area contributed by atoms with Crippen LogP contribution in [-0.2, 0) is 10.0 Å². The molecule has 0 unspecified atom stereocenters. The number of sulfonamides is 1. The fraction of sp³-hybridized carbons (Fsp3) is 0.400. The molecular formula is C5H9N3O2S. The van der Waals surface area contributed by atoms with Gasteiger partial charge in [0.1, 0.15) is 0 Å². The molecule has 1 aromatic rings. The normalized spacial score (nSPS) is 11.8. The molecule has 11 heavy (non-hydrogen) atoms. The molecule has 2 N–H and O–H groups in total. The Labute approximate surface area is 64.9 Å². The summed E-state index contributed by atoms with van der Waals surface area (Å²) >= 11 is 0. The third-order valence-electron chi connectivity index (χ3n) is 1.32. The molecule has 0 bridgehead atoms. The highest BCUT2D eigenvalue weighted by Crippen LogP contribution is 2.08. The summed E-state index contributed by atoms with van der Waals surface area (Å²) in [5.74, 6) is 0. The maximum absolute atomic E-state index is 11.1. The number of H-pyrrole nitrogens is 1. The largest absolute Gasteiger partial charge is 0.266 e. The standard InChI is InChI=1S/C5H9N3O2S/c1-4-3-7-8-5(4)11(9,10)6-2/h3,6H,1-2H3,(H,7,8). The molecule has 0 radical (unpaired) electrons. The molecule has 1 aromatic heterocycles. The molecule has 0 fully saturated rings. The molecule has 0 atom stereocenters. The summed E-state index contributed by atoms with van der Waals surface area (Å²) in [5, 5.41) is 6.11. The average molecular weight is 175 g/mol. The highest BCUT2D eigenvalue weighted by atomic mass is 32.2. The number of hydrogen-bond acceptors (Lipinski definition) is 3. The zero-order valence-corrected chi connectivity index (χ0v) is 7.07. The first-order valence-electron chi connectivity index (χ1n) is 3.01. The van der Waals surface area contributed by atoms with E-state index in [0.29, 0.717) is 5.56 Å². The lowest BCUT2D eigenvalue weighted by Gasteiger charge is -1.97. The Kier molecular flexibility index (Phi) is 1.97. The summed E-state index contributed by atoms with van der Waals surface area (Å²) in [4.78, 5) is 0. The highest BCUT2D eigenvalue weighted by Gasteiger charge is 2.15. The molecule has 0 spiro atoms. The predicted molar refractivity (Wildman–Crippen MR) is 39.6 cm³/mol. The quantitative estimate of drug-likeness (QED) is 0.643. The summed E-state index contributed by atoms with van der Waals surface area (Å²) < 4.78 is 24.4. The molecule has 5 nitrogen and oxygen atoms in total. The van der Waals surface area contributed by atoms with Crippen LogP contribution >= 0.6 is 0 Å². The van der Waals surface area contributed by atoms with Crippen molar-refractivity contribution >= 4 is 10.0 Å². The Morgan fingerprint density at radius 3 is 2.64 bits per heavy atom. The minimum absolute atomic E-state index is 0.125. The second-order valence-electron chi connectivity index (χ2n) is 2.09. The first-order chi connectivity index (χ1) is 5.08. The number of nitrogens with zero attached hydrogens (tertiary/aromatic N) is 1. The van der Waals surface area contributed by atoms with Crippen molar-refractivity contribution in [1.82, 2.24) is 14.9 Å². The lowest BCUT2D eigenvalue weighted by atomic mass is 10.4. The highest BCUT2D eigenvalue weighted by molar-refractivity contribution is 7.89. The van der Waals surface area contributed by atoms with Crippen LogP contribution in [0.25, 0.3) is 0 Å². The van der Waals surface area contributed by atoms with Crippen LogP contribution in [0, 0.1) is 6.92 Å². The van der Waals surface area contributed by atoms with Crippen molar-refractivity contribution in [3.05, 3.63) is 11.8 Å². The van der Waals surface area contributed by atoms with Crippen LogP contribution in [0.3, 0.4) is 0 Å². The third-order valence-corrected chi connectivity index (χ3v) is 2.81. The Morgan fingerprint density at radius 2 is 2.27 bits per heavy atom. The topological polar surface area (TPSA) is 74.8 Å².